The molecule has 4 heteroatoms. The van der Waals surface area contributed by atoms with Gasteiger partial charge in [-0.05, 0) is 36.8 Å². The predicted molar refractivity (Wildman–Crippen MR) is 85.6 cm³/mol. The van der Waals surface area contributed by atoms with Crippen LogP contribution in [0.5, 0.6) is 11.5 Å². The van der Waals surface area contributed by atoms with Crippen LogP contribution in [0.25, 0.3) is 0 Å². The molecule has 0 saturated carbocycles. The van der Waals surface area contributed by atoms with Crippen LogP contribution >= 0.6 is 15.9 Å². The summed E-state index contributed by atoms with van der Waals surface area (Å²) >= 11 is 3.45. The van der Waals surface area contributed by atoms with Crippen molar-refractivity contribution in [1.29, 1.82) is 0 Å². The summed E-state index contributed by atoms with van der Waals surface area (Å²) in [5.74, 6) is 1.52. The van der Waals surface area contributed by atoms with Crippen LogP contribution in [0.4, 0.5) is 5.69 Å². The molecule has 2 aromatic rings. The molecule has 1 N–H and O–H groups in total. The lowest BCUT2D eigenvalue weighted by atomic mass is 10.1. The minimum atomic E-state index is -0.504. The first-order valence-corrected chi connectivity index (χ1v) is 7.19. The molecule has 0 aliphatic heterocycles. The second-order valence-electron chi connectivity index (χ2n) is 4.85. The van der Waals surface area contributed by atoms with E-state index in [2.05, 4.69) is 15.9 Å². The summed E-state index contributed by atoms with van der Waals surface area (Å²) in [5, 5.41) is 9.61. The van der Waals surface area contributed by atoms with Gasteiger partial charge in [0.25, 0.3) is 0 Å². The maximum atomic E-state index is 9.61. The van der Waals surface area contributed by atoms with Crippen molar-refractivity contribution in [1.82, 2.24) is 0 Å². The maximum absolute atomic E-state index is 9.61. The average Bonchev–Trinajstić information content (AvgIpc) is 2.38. The molecule has 1 atom stereocenters. The van der Waals surface area contributed by atoms with Crippen LogP contribution in [0, 0.1) is 0 Å². The van der Waals surface area contributed by atoms with Crippen molar-refractivity contribution in [3.05, 3.63) is 52.5 Å². The van der Waals surface area contributed by atoms with Crippen molar-refractivity contribution in [3.8, 4) is 11.5 Å². The first-order chi connectivity index (χ1) is 9.47. The molecule has 0 unspecified atom stereocenters. The zero-order valence-corrected chi connectivity index (χ0v) is 13.4. The lowest BCUT2D eigenvalue weighted by Crippen LogP contribution is -2.08. The van der Waals surface area contributed by atoms with Crippen molar-refractivity contribution in [3.63, 3.8) is 0 Å². The smallest absolute Gasteiger partial charge is 0.129 e. The van der Waals surface area contributed by atoms with E-state index in [1.807, 2.05) is 61.5 Å². The number of anilines is 1. The highest BCUT2D eigenvalue weighted by molar-refractivity contribution is 9.10. The molecule has 0 aliphatic rings. The standard InChI is InChI=1S/C16H18BrNO2/c1-11(19)15-8-7-14(10-16(15)17)20-13-6-4-5-12(9-13)18(2)3/h4-11,19H,1-3H3/t11-/m0/s1. The molecular weight excluding hydrogens is 318 g/mol. The minimum absolute atomic E-state index is 0.504. The van der Waals surface area contributed by atoms with Crippen LogP contribution in [-0.4, -0.2) is 19.2 Å². The van der Waals surface area contributed by atoms with E-state index in [9.17, 15) is 5.11 Å². The van der Waals surface area contributed by atoms with Crippen LogP contribution in [0.2, 0.25) is 0 Å². The van der Waals surface area contributed by atoms with Crippen molar-refractivity contribution >= 4 is 21.6 Å². The second-order valence-corrected chi connectivity index (χ2v) is 5.71. The van der Waals surface area contributed by atoms with Crippen molar-refractivity contribution in [2.45, 2.75) is 13.0 Å². The van der Waals surface area contributed by atoms with Gasteiger partial charge < -0.3 is 14.7 Å². The summed E-state index contributed by atoms with van der Waals surface area (Å²) in [7, 11) is 3.99. The number of aliphatic hydroxyl groups excluding tert-OH is 1. The number of hydrogen-bond acceptors (Lipinski definition) is 3. The minimum Gasteiger partial charge on any atom is -0.457 e. The highest BCUT2D eigenvalue weighted by Gasteiger charge is 2.08. The van der Waals surface area contributed by atoms with Gasteiger partial charge in [-0.25, -0.2) is 0 Å². The second kappa shape index (κ2) is 6.29. The Bertz CT molecular complexity index is 597. The highest BCUT2D eigenvalue weighted by Crippen LogP contribution is 2.31. The van der Waals surface area contributed by atoms with E-state index < -0.39 is 6.10 Å². The first kappa shape index (κ1) is 14.9. The SMILES string of the molecule is C[C@H](O)c1ccc(Oc2cccc(N(C)C)c2)cc1Br. The van der Waals surface area contributed by atoms with Gasteiger partial charge in [0.15, 0.2) is 0 Å². The molecule has 0 aromatic heterocycles. The fourth-order valence-electron chi connectivity index (χ4n) is 1.87. The first-order valence-electron chi connectivity index (χ1n) is 6.40. The van der Waals surface area contributed by atoms with E-state index in [-0.39, 0.29) is 0 Å². The summed E-state index contributed by atoms with van der Waals surface area (Å²) in [5.41, 5.74) is 1.93. The number of ether oxygens (including phenoxy) is 1. The molecule has 2 rings (SSSR count). The third-order valence-electron chi connectivity index (χ3n) is 2.99. The molecule has 20 heavy (non-hydrogen) atoms. The zero-order valence-electron chi connectivity index (χ0n) is 11.8. The Morgan fingerprint density at radius 2 is 1.80 bits per heavy atom. The summed E-state index contributed by atoms with van der Waals surface area (Å²) in [6.45, 7) is 1.74. The summed E-state index contributed by atoms with van der Waals surface area (Å²) in [6.07, 6.45) is -0.504. The lowest BCUT2D eigenvalue weighted by molar-refractivity contribution is 0.198. The van der Waals surface area contributed by atoms with Crippen molar-refractivity contribution < 1.29 is 9.84 Å². The van der Waals surface area contributed by atoms with E-state index in [1.165, 1.54) is 0 Å². The predicted octanol–water partition coefficient (Wildman–Crippen LogP) is 4.36. The molecule has 0 heterocycles. The van der Waals surface area contributed by atoms with Gasteiger partial charge in [0, 0.05) is 30.3 Å². The Hall–Kier alpha value is -1.52. The number of nitrogens with zero attached hydrogens (tertiary/aromatic N) is 1. The van der Waals surface area contributed by atoms with Gasteiger partial charge in [-0.3, -0.25) is 0 Å². The van der Waals surface area contributed by atoms with Crippen LogP contribution in [0.15, 0.2) is 46.9 Å². The molecule has 2 aromatic carbocycles. The molecule has 0 bridgehead atoms. The molecule has 3 nitrogen and oxygen atoms in total. The van der Waals surface area contributed by atoms with Crippen molar-refractivity contribution in [2.24, 2.45) is 0 Å². The largest absolute Gasteiger partial charge is 0.457 e. The van der Waals surface area contributed by atoms with Crippen LogP contribution in [0.1, 0.15) is 18.6 Å². The van der Waals surface area contributed by atoms with Crippen LogP contribution in [0.3, 0.4) is 0 Å². The molecular formula is C16H18BrNO2. The summed E-state index contributed by atoms with van der Waals surface area (Å²) < 4.78 is 6.69. The molecule has 0 aliphatic carbocycles. The number of benzene rings is 2. The number of rotatable bonds is 4. The summed E-state index contributed by atoms with van der Waals surface area (Å²) in [6, 6.07) is 13.5. The van der Waals surface area contributed by atoms with Gasteiger partial charge in [0.1, 0.15) is 11.5 Å². The lowest BCUT2D eigenvalue weighted by Gasteiger charge is -2.14. The number of hydrogen-bond donors (Lipinski definition) is 1. The molecule has 106 valence electrons. The Labute approximate surface area is 127 Å². The molecule has 0 radical (unpaired) electrons. The van der Waals surface area contributed by atoms with Gasteiger partial charge >= 0.3 is 0 Å². The van der Waals surface area contributed by atoms with Crippen LogP contribution in [-0.2, 0) is 0 Å². The van der Waals surface area contributed by atoms with E-state index >= 15 is 0 Å². The van der Waals surface area contributed by atoms with E-state index in [0.29, 0.717) is 0 Å². The van der Waals surface area contributed by atoms with Gasteiger partial charge in [0.05, 0.1) is 6.10 Å². The fourth-order valence-corrected chi connectivity index (χ4v) is 2.56. The highest BCUT2D eigenvalue weighted by atomic mass is 79.9. The summed E-state index contributed by atoms with van der Waals surface area (Å²) in [4.78, 5) is 2.03. The molecule has 0 amide bonds. The molecule has 0 spiro atoms. The van der Waals surface area contributed by atoms with Crippen molar-refractivity contribution in [2.75, 3.05) is 19.0 Å². The van der Waals surface area contributed by atoms with Crippen LogP contribution < -0.4 is 9.64 Å². The van der Waals surface area contributed by atoms with Gasteiger partial charge in [0.2, 0.25) is 0 Å². The zero-order chi connectivity index (χ0) is 14.7. The Morgan fingerprint density at radius 3 is 2.40 bits per heavy atom. The Morgan fingerprint density at radius 1 is 1.10 bits per heavy atom. The Balaban J connectivity index is 2.22. The third kappa shape index (κ3) is 3.52. The monoisotopic (exact) mass is 335 g/mol. The van der Waals surface area contributed by atoms with E-state index in [1.54, 1.807) is 6.92 Å². The average molecular weight is 336 g/mol. The van der Waals surface area contributed by atoms with Gasteiger partial charge in [-0.2, -0.15) is 0 Å². The van der Waals surface area contributed by atoms with E-state index in [0.717, 1.165) is 27.2 Å². The normalized spacial score (nSPS) is 12.1. The topological polar surface area (TPSA) is 32.7 Å². The third-order valence-corrected chi connectivity index (χ3v) is 3.68. The number of halogens is 1. The maximum Gasteiger partial charge on any atom is 0.129 e. The molecule has 0 fully saturated rings. The quantitative estimate of drug-likeness (QED) is 0.900. The Kier molecular flexibility index (Phi) is 4.68. The van der Waals surface area contributed by atoms with Gasteiger partial charge in [-0.1, -0.05) is 28.1 Å². The molecule has 0 saturated heterocycles. The van der Waals surface area contributed by atoms with E-state index in [4.69, 9.17) is 4.74 Å². The number of aliphatic hydroxyl groups is 1. The fraction of sp³-hybridized carbons (Fsp3) is 0.250. The van der Waals surface area contributed by atoms with Gasteiger partial charge in [-0.15, -0.1) is 0 Å².